The van der Waals surface area contributed by atoms with Gasteiger partial charge in [-0.05, 0) is 73.6 Å². The van der Waals surface area contributed by atoms with Crippen LogP contribution in [0.2, 0.25) is 0 Å². The molecular weight excluding hydrogens is 512 g/mol. The van der Waals surface area contributed by atoms with Crippen molar-refractivity contribution in [1.29, 1.82) is 0 Å². The largest absolute Gasteiger partial charge is 0.494 e. The van der Waals surface area contributed by atoms with Gasteiger partial charge in [0, 0.05) is 18.0 Å². The fraction of sp³-hybridized carbons (Fsp3) is 0.522. The Labute approximate surface area is 211 Å². The van der Waals surface area contributed by atoms with Crippen LogP contribution < -0.4 is 9.46 Å². The van der Waals surface area contributed by atoms with Crippen LogP contribution in [0.4, 0.5) is 0 Å². The second kappa shape index (κ2) is 11.4. The first-order valence-corrected chi connectivity index (χ1v) is 15.4. The van der Waals surface area contributed by atoms with Crippen LogP contribution in [0.5, 0.6) is 5.75 Å². The predicted molar refractivity (Wildman–Crippen MR) is 136 cm³/mol. The summed E-state index contributed by atoms with van der Waals surface area (Å²) in [6.07, 6.45) is 0.525. The van der Waals surface area contributed by atoms with E-state index >= 15 is 0 Å². The number of nitrogens with zero attached hydrogens (tertiary/aromatic N) is 1. The summed E-state index contributed by atoms with van der Waals surface area (Å²) in [5.41, 5.74) is 0.824. The van der Waals surface area contributed by atoms with Crippen molar-refractivity contribution in [2.75, 3.05) is 25.4 Å². The van der Waals surface area contributed by atoms with Gasteiger partial charge in [0.15, 0.2) is 0 Å². The first-order chi connectivity index (χ1) is 16.4. The molecule has 1 atom stereocenters. The fourth-order valence-electron chi connectivity index (χ4n) is 4.09. The maximum Gasteiger partial charge on any atom is 0.322 e. The van der Waals surface area contributed by atoms with Gasteiger partial charge in [0.25, 0.3) is 10.0 Å². The number of carbonyl (C=O) groups is 1. The Morgan fingerprint density at radius 1 is 1.11 bits per heavy atom. The van der Waals surface area contributed by atoms with Crippen LogP contribution >= 0.6 is 11.3 Å². The van der Waals surface area contributed by atoms with Crippen LogP contribution in [0.1, 0.15) is 33.6 Å². The summed E-state index contributed by atoms with van der Waals surface area (Å²) in [5, 5.41) is 9.77. The van der Waals surface area contributed by atoms with E-state index < -0.39 is 38.0 Å². The molecule has 2 heterocycles. The molecule has 2 N–H and O–H groups in total. The van der Waals surface area contributed by atoms with Crippen molar-refractivity contribution in [2.24, 2.45) is 11.8 Å². The van der Waals surface area contributed by atoms with Gasteiger partial charge in [-0.1, -0.05) is 13.8 Å². The molecule has 0 radical (unpaired) electrons. The molecule has 1 aliphatic heterocycles. The third-order valence-corrected chi connectivity index (χ3v) is 11.1. The van der Waals surface area contributed by atoms with E-state index in [9.17, 15) is 26.7 Å². The molecule has 1 aromatic heterocycles. The van der Waals surface area contributed by atoms with E-state index in [1.54, 1.807) is 18.2 Å². The Morgan fingerprint density at radius 2 is 1.74 bits per heavy atom. The summed E-state index contributed by atoms with van der Waals surface area (Å²) in [4.78, 5) is 12.7. The SMILES string of the molecule is CCOc1ccc(-c2ccc(S(=O)(=O)N[C@@H](C(=O)O)C3CCN(S(=O)(=O)CC(C)C)CC3)s2)cc1. The summed E-state index contributed by atoms with van der Waals surface area (Å²) in [5.74, 6) is -1.07. The van der Waals surface area contributed by atoms with Gasteiger partial charge in [0.2, 0.25) is 10.0 Å². The Hall–Kier alpha value is -1.99. The number of ether oxygens (including phenoxy) is 1. The van der Waals surface area contributed by atoms with Gasteiger partial charge in [-0.2, -0.15) is 4.72 Å². The normalized spacial score (nSPS) is 16.9. The lowest BCUT2D eigenvalue weighted by Crippen LogP contribution is -2.50. The zero-order chi connectivity index (χ0) is 25.8. The van der Waals surface area contributed by atoms with Gasteiger partial charge in [0.1, 0.15) is 16.0 Å². The molecule has 0 aliphatic carbocycles. The van der Waals surface area contributed by atoms with Gasteiger partial charge in [-0.25, -0.2) is 21.1 Å². The Balaban J connectivity index is 1.70. The second-order valence-electron chi connectivity index (χ2n) is 8.92. The number of thiophene rings is 1. The molecule has 0 amide bonds. The van der Waals surface area contributed by atoms with Crippen LogP contribution in [0, 0.1) is 11.8 Å². The van der Waals surface area contributed by atoms with E-state index in [2.05, 4.69) is 4.72 Å². The highest BCUT2D eigenvalue weighted by Gasteiger charge is 2.37. The molecule has 1 fully saturated rings. The van der Waals surface area contributed by atoms with Gasteiger partial charge in [-0.3, -0.25) is 4.79 Å². The lowest BCUT2D eigenvalue weighted by atomic mass is 9.91. The molecule has 1 aromatic carbocycles. The molecular formula is C23H32N2O7S3. The zero-order valence-electron chi connectivity index (χ0n) is 20.0. The molecule has 0 unspecified atom stereocenters. The predicted octanol–water partition coefficient (Wildman–Crippen LogP) is 3.24. The fourth-order valence-corrected chi connectivity index (χ4v) is 8.50. The van der Waals surface area contributed by atoms with Crippen molar-refractivity contribution in [3.63, 3.8) is 0 Å². The quantitative estimate of drug-likeness (QED) is 0.444. The van der Waals surface area contributed by atoms with Crippen LogP contribution in [-0.4, -0.2) is 63.7 Å². The number of benzene rings is 1. The molecule has 9 nitrogen and oxygen atoms in total. The average molecular weight is 545 g/mol. The van der Waals surface area contributed by atoms with Crippen LogP contribution in [-0.2, 0) is 24.8 Å². The minimum atomic E-state index is -4.08. The highest BCUT2D eigenvalue weighted by Crippen LogP contribution is 2.32. The molecule has 12 heteroatoms. The highest BCUT2D eigenvalue weighted by molar-refractivity contribution is 7.91. The van der Waals surface area contributed by atoms with Crippen molar-refractivity contribution in [1.82, 2.24) is 9.03 Å². The van der Waals surface area contributed by atoms with Crippen LogP contribution in [0.3, 0.4) is 0 Å². The summed E-state index contributed by atoms with van der Waals surface area (Å²) in [7, 11) is -7.50. The van der Waals surface area contributed by atoms with Crippen LogP contribution in [0.15, 0.2) is 40.6 Å². The molecule has 3 rings (SSSR count). The number of hydrogen-bond donors (Lipinski definition) is 2. The van der Waals surface area contributed by atoms with Gasteiger partial charge >= 0.3 is 5.97 Å². The lowest BCUT2D eigenvalue weighted by Gasteiger charge is -2.34. The van der Waals surface area contributed by atoms with E-state index in [1.165, 1.54) is 10.4 Å². The number of carboxylic acids is 1. The zero-order valence-corrected chi connectivity index (χ0v) is 22.5. The molecule has 1 aliphatic rings. The number of rotatable bonds is 11. The molecule has 0 spiro atoms. The van der Waals surface area contributed by atoms with E-state index in [4.69, 9.17) is 4.74 Å². The van der Waals surface area contributed by atoms with Crippen molar-refractivity contribution >= 4 is 37.4 Å². The number of nitrogens with one attached hydrogen (secondary N) is 1. The van der Waals surface area contributed by atoms with Gasteiger partial charge in [-0.15, -0.1) is 11.3 Å². The van der Waals surface area contributed by atoms with E-state index in [-0.39, 0.29) is 41.8 Å². The van der Waals surface area contributed by atoms with Crippen molar-refractivity contribution < 1.29 is 31.5 Å². The first kappa shape index (κ1) is 27.6. The van der Waals surface area contributed by atoms with Crippen molar-refractivity contribution in [3.05, 3.63) is 36.4 Å². The third kappa shape index (κ3) is 7.04. The minimum absolute atomic E-state index is 0.0181. The standard InChI is InChI=1S/C23H32N2O7S3/c1-4-32-19-7-5-17(6-8-19)20-9-10-21(33-20)35(30,31)24-22(23(26)27)18-11-13-25(14-12-18)34(28,29)15-16(2)3/h5-10,16,18,22,24H,4,11-15H2,1-3H3,(H,26,27)/t22-/m1/s1. The second-order valence-corrected chi connectivity index (χ2v) is 14.0. The number of sulfonamides is 2. The van der Waals surface area contributed by atoms with E-state index in [0.29, 0.717) is 6.61 Å². The van der Waals surface area contributed by atoms with Crippen LogP contribution in [0.25, 0.3) is 10.4 Å². The number of carboxylic acid groups (broad SMARTS) is 1. The number of aliphatic carboxylic acids is 1. The first-order valence-electron chi connectivity index (χ1n) is 11.5. The molecule has 0 bridgehead atoms. The maximum atomic E-state index is 13.0. The summed E-state index contributed by atoms with van der Waals surface area (Å²) in [6.45, 7) is 6.43. The molecule has 0 saturated carbocycles. The smallest absolute Gasteiger partial charge is 0.322 e. The molecule has 35 heavy (non-hydrogen) atoms. The average Bonchev–Trinajstić information content (AvgIpc) is 3.29. The van der Waals surface area contributed by atoms with Gasteiger partial charge < -0.3 is 9.84 Å². The summed E-state index contributed by atoms with van der Waals surface area (Å²) < 4.78 is 60.2. The Morgan fingerprint density at radius 3 is 2.29 bits per heavy atom. The lowest BCUT2D eigenvalue weighted by molar-refractivity contribution is -0.140. The maximum absolute atomic E-state index is 13.0. The third-order valence-electron chi connectivity index (χ3n) is 5.75. The number of piperidine rings is 1. The van der Waals surface area contributed by atoms with Gasteiger partial charge in [0.05, 0.1) is 12.4 Å². The monoisotopic (exact) mass is 544 g/mol. The Bertz CT molecular complexity index is 1210. The topological polar surface area (TPSA) is 130 Å². The molecule has 2 aromatic rings. The van der Waals surface area contributed by atoms with E-state index in [0.717, 1.165) is 27.5 Å². The number of hydrogen-bond acceptors (Lipinski definition) is 7. The summed E-state index contributed by atoms with van der Waals surface area (Å²) >= 11 is 1.05. The molecule has 1 saturated heterocycles. The summed E-state index contributed by atoms with van der Waals surface area (Å²) in [6, 6.07) is 9.08. The molecule has 194 valence electrons. The Kier molecular flexibility index (Phi) is 8.97. The minimum Gasteiger partial charge on any atom is -0.494 e. The highest BCUT2D eigenvalue weighted by atomic mass is 32.2. The van der Waals surface area contributed by atoms with Crippen molar-refractivity contribution in [2.45, 2.75) is 43.9 Å². The van der Waals surface area contributed by atoms with E-state index in [1.807, 2.05) is 32.9 Å². The van der Waals surface area contributed by atoms with Crippen molar-refractivity contribution in [3.8, 4) is 16.2 Å².